The molecular formula is C21H30N2O6S. The molecule has 30 heavy (non-hydrogen) atoms. The van der Waals surface area contributed by atoms with Gasteiger partial charge in [0.25, 0.3) is 5.91 Å². The number of rotatable bonds is 8. The van der Waals surface area contributed by atoms with E-state index >= 15 is 0 Å². The van der Waals surface area contributed by atoms with Gasteiger partial charge in [-0.05, 0) is 43.5 Å². The van der Waals surface area contributed by atoms with Gasteiger partial charge >= 0.3 is 5.97 Å². The van der Waals surface area contributed by atoms with Crippen LogP contribution in [0.4, 0.5) is 5.69 Å². The molecule has 1 atom stereocenters. The average molecular weight is 439 g/mol. The Morgan fingerprint density at radius 3 is 2.43 bits per heavy atom. The van der Waals surface area contributed by atoms with Crippen molar-refractivity contribution in [3.63, 3.8) is 0 Å². The topological polar surface area (TPSA) is 102 Å². The van der Waals surface area contributed by atoms with E-state index in [1.807, 2.05) is 0 Å². The zero-order valence-corrected chi connectivity index (χ0v) is 18.2. The minimum atomic E-state index is -3.58. The Labute approximate surface area is 178 Å². The summed E-state index contributed by atoms with van der Waals surface area (Å²) in [4.78, 5) is 24.5. The van der Waals surface area contributed by atoms with Gasteiger partial charge in [0.15, 0.2) is 6.10 Å². The van der Waals surface area contributed by atoms with E-state index in [0.29, 0.717) is 44.3 Å². The molecule has 0 unspecified atom stereocenters. The summed E-state index contributed by atoms with van der Waals surface area (Å²) < 4.78 is 37.1. The second-order valence-electron chi connectivity index (χ2n) is 7.85. The van der Waals surface area contributed by atoms with Crippen LogP contribution in [-0.2, 0) is 29.1 Å². The summed E-state index contributed by atoms with van der Waals surface area (Å²) in [5.74, 6) is -0.224. The van der Waals surface area contributed by atoms with Crippen LogP contribution in [-0.4, -0.2) is 57.0 Å². The summed E-state index contributed by atoms with van der Waals surface area (Å²) in [5, 5.41) is 2.66. The summed E-state index contributed by atoms with van der Waals surface area (Å²) >= 11 is 0. The lowest BCUT2D eigenvalue weighted by Gasteiger charge is -2.26. The molecule has 1 aliphatic carbocycles. The number of hydrogen-bond donors (Lipinski definition) is 1. The highest BCUT2D eigenvalue weighted by Gasteiger charge is 2.26. The number of amides is 1. The maximum Gasteiger partial charge on any atom is 0.306 e. The maximum absolute atomic E-state index is 12.6. The van der Waals surface area contributed by atoms with Crippen molar-refractivity contribution in [1.82, 2.24) is 4.31 Å². The lowest BCUT2D eigenvalue weighted by molar-refractivity contribution is -0.153. The van der Waals surface area contributed by atoms with Gasteiger partial charge in [-0.15, -0.1) is 0 Å². The van der Waals surface area contributed by atoms with Crippen molar-refractivity contribution >= 4 is 27.6 Å². The monoisotopic (exact) mass is 438 g/mol. The number of benzene rings is 1. The molecule has 1 N–H and O–H groups in total. The zero-order chi connectivity index (χ0) is 21.6. The summed E-state index contributed by atoms with van der Waals surface area (Å²) in [6.07, 6.45) is 5.01. The third-order valence-electron chi connectivity index (χ3n) is 5.64. The lowest BCUT2D eigenvalue weighted by Crippen LogP contribution is -2.40. The fraction of sp³-hybridized carbons (Fsp3) is 0.619. The minimum Gasteiger partial charge on any atom is -0.453 e. The van der Waals surface area contributed by atoms with Crippen LogP contribution in [0.15, 0.2) is 29.2 Å². The van der Waals surface area contributed by atoms with E-state index in [2.05, 4.69) is 5.32 Å². The van der Waals surface area contributed by atoms with E-state index in [1.54, 1.807) is 0 Å². The molecule has 8 nitrogen and oxygen atoms in total. The predicted molar refractivity (Wildman–Crippen MR) is 111 cm³/mol. The fourth-order valence-electron chi connectivity index (χ4n) is 3.82. The smallest absolute Gasteiger partial charge is 0.306 e. The van der Waals surface area contributed by atoms with Gasteiger partial charge in [0.05, 0.1) is 18.1 Å². The molecule has 3 rings (SSSR count). The average Bonchev–Trinajstić information content (AvgIpc) is 3.27. The van der Waals surface area contributed by atoms with E-state index in [0.717, 1.165) is 6.42 Å². The second kappa shape index (κ2) is 10.4. The van der Waals surface area contributed by atoms with Gasteiger partial charge < -0.3 is 14.8 Å². The molecular weight excluding hydrogens is 408 g/mol. The van der Waals surface area contributed by atoms with Crippen LogP contribution in [0.2, 0.25) is 0 Å². The highest BCUT2D eigenvalue weighted by atomic mass is 32.2. The van der Waals surface area contributed by atoms with Gasteiger partial charge in [-0.2, -0.15) is 4.31 Å². The Morgan fingerprint density at radius 2 is 1.80 bits per heavy atom. The first-order valence-electron chi connectivity index (χ1n) is 10.5. The molecule has 0 spiro atoms. The van der Waals surface area contributed by atoms with Gasteiger partial charge in [0, 0.05) is 25.2 Å². The summed E-state index contributed by atoms with van der Waals surface area (Å²) in [6.45, 7) is 2.93. The van der Waals surface area contributed by atoms with E-state index in [1.165, 1.54) is 61.2 Å². The predicted octanol–water partition coefficient (Wildman–Crippen LogP) is 2.55. The summed E-state index contributed by atoms with van der Waals surface area (Å²) in [6, 6.07) is 5.97. The van der Waals surface area contributed by atoms with Crippen molar-refractivity contribution in [2.24, 2.45) is 5.92 Å². The number of anilines is 1. The number of morpholine rings is 1. The van der Waals surface area contributed by atoms with Gasteiger partial charge in [-0.3, -0.25) is 9.59 Å². The van der Waals surface area contributed by atoms with Crippen molar-refractivity contribution in [1.29, 1.82) is 0 Å². The van der Waals surface area contributed by atoms with Gasteiger partial charge in [0.1, 0.15) is 0 Å². The van der Waals surface area contributed by atoms with Crippen LogP contribution in [0.25, 0.3) is 0 Å². The van der Waals surface area contributed by atoms with Crippen LogP contribution in [0.3, 0.4) is 0 Å². The Balaban J connectivity index is 1.49. The molecule has 1 aromatic carbocycles. The van der Waals surface area contributed by atoms with Crippen LogP contribution in [0.1, 0.15) is 45.4 Å². The first-order valence-corrected chi connectivity index (χ1v) is 12.0. The van der Waals surface area contributed by atoms with Crippen LogP contribution in [0.5, 0.6) is 0 Å². The van der Waals surface area contributed by atoms with E-state index in [-0.39, 0.29) is 10.9 Å². The number of hydrogen-bond acceptors (Lipinski definition) is 6. The Bertz CT molecular complexity index is 828. The van der Waals surface area contributed by atoms with Gasteiger partial charge in [0.2, 0.25) is 10.0 Å². The van der Waals surface area contributed by atoms with Crippen molar-refractivity contribution in [3.05, 3.63) is 24.3 Å². The maximum atomic E-state index is 12.6. The van der Waals surface area contributed by atoms with Crippen molar-refractivity contribution in [3.8, 4) is 0 Å². The SMILES string of the molecule is C[C@H](OC(=O)CCC1CCCC1)C(=O)Nc1ccc(S(=O)(=O)N2CCOCC2)cc1. The second-order valence-corrected chi connectivity index (χ2v) is 9.79. The molecule has 0 aromatic heterocycles. The van der Waals surface area contributed by atoms with Crippen molar-refractivity contribution in [2.45, 2.75) is 56.4 Å². The standard InChI is InChI=1S/C21H30N2O6S/c1-16(29-20(24)11-6-17-4-2-3-5-17)21(25)22-18-7-9-19(10-8-18)30(26,27)23-12-14-28-15-13-23/h7-10,16-17H,2-6,11-15H2,1H3,(H,22,25)/t16-/m0/s1. The number of nitrogens with one attached hydrogen (secondary N) is 1. The molecule has 1 saturated carbocycles. The molecule has 1 aliphatic heterocycles. The van der Waals surface area contributed by atoms with Gasteiger partial charge in [-0.1, -0.05) is 25.7 Å². The minimum absolute atomic E-state index is 0.161. The Hall–Kier alpha value is -1.97. The van der Waals surface area contributed by atoms with Crippen LogP contribution >= 0.6 is 0 Å². The molecule has 9 heteroatoms. The van der Waals surface area contributed by atoms with E-state index in [9.17, 15) is 18.0 Å². The van der Waals surface area contributed by atoms with Crippen LogP contribution in [0, 0.1) is 5.92 Å². The van der Waals surface area contributed by atoms with Crippen LogP contribution < -0.4 is 5.32 Å². The first-order chi connectivity index (χ1) is 14.4. The molecule has 0 radical (unpaired) electrons. The molecule has 1 amide bonds. The third-order valence-corrected chi connectivity index (χ3v) is 7.55. The summed E-state index contributed by atoms with van der Waals surface area (Å²) in [5.41, 5.74) is 0.440. The Kier molecular flexibility index (Phi) is 7.85. The quantitative estimate of drug-likeness (QED) is 0.626. The van der Waals surface area contributed by atoms with Gasteiger partial charge in [-0.25, -0.2) is 8.42 Å². The lowest BCUT2D eigenvalue weighted by atomic mass is 10.0. The molecule has 2 fully saturated rings. The fourth-order valence-corrected chi connectivity index (χ4v) is 5.23. The molecule has 2 aliphatic rings. The Morgan fingerprint density at radius 1 is 1.17 bits per heavy atom. The molecule has 1 saturated heterocycles. The normalized spacial score (nSPS) is 19.4. The van der Waals surface area contributed by atoms with E-state index < -0.39 is 22.0 Å². The number of ether oxygens (including phenoxy) is 2. The highest BCUT2D eigenvalue weighted by Crippen LogP contribution is 2.28. The van der Waals surface area contributed by atoms with Crippen molar-refractivity contribution < 1.29 is 27.5 Å². The summed E-state index contributed by atoms with van der Waals surface area (Å²) in [7, 11) is -3.58. The number of sulfonamides is 1. The largest absolute Gasteiger partial charge is 0.453 e. The molecule has 1 aromatic rings. The molecule has 166 valence electrons. The number of carbonyl (C=O) groups excluding carboxylic acids is 2. The third kappa shape index (κ3) is 6.02. The molecule has 1 heterocycles. The number of carbonyl (C=O) groups is 2. The van der Waals surface area contributed by atoms with Crippen molar-refractivity contribution in [2.75, 3.05) is 31.6 Å². The zero-order valence-electron chi connectivity index (χ0n) is 17.3. The number of esters is 1. The van der Waals surface area contributed by atoms with E-state index in [4.69, 9.17) is 9.47 Å². The molecule has 0 bridgehead atoms. The highest BCUT2D eigenvalue weighted by molar-refractivity contribution is 7.89. The first kappa shape index (κ1) is 22.7. The number of nitrogens with zero attached hydrogens (tertiary/aromatic N) is 1.